The van der Waals surface area contributed by atoms with E-state index in [0.29, 0.717) is 31.6 Å². The van der Waals surface area contributed by atoms with Crippen LogP contribution >= 0.6 is 15.6 Å². The molecule has 0 heterocycles. The maximum absolute atomic E-state index is 12.9. The summed E-state index contributed by atoms with van der Waals surface area (Å²) >= 11 is 0. The first-order chi connectivity index (χ1) is 37.9. The van der Waals surface area contributed by atoms with Crippen LogP contribution in [0.5, 0.6) is 0 Å². The third-order valence-electron chi connectivity index (χ3n) is 14.1. The van der Waals surface area contributed by atoms with E-state index in [1.807, 2.05) is 0 Å². The second-order valence-corrected chi connectivity index (χ2v) is 25.4. The van der Waals surface area contributed by atoms with Gasteiger partial charge in [0.25, 0.3) is 0 Å². The molecule has 3 unspecified atom stereocenters. The Kier molecular flexibility index (Phi) is 51.5. The first-order valence-corrected chi connectivity index (χ1v) is 34.5. The molecule has 0 fully saturated rings. The number of carbonyl (C=O) groups excluding carboxylic acids is 4. The quantitative estimate of drug-likeness (QED) is 0.0222. The number of phosphoric ester groups is 2. The Morgan fingerprint density at radius 2 is 0.646 bits per heavy atom. The van der Waals surface area contributed by atoms with Gasteiger partial charge in [-0.2, -0.15) is 0 Å². The normalized spacial score (nSPS) is 14.8. The van der Waals surface area contributed by atoms with Gasteiger partial charge in [0, 0.05) is 25.7 Å². The van der Waals surface area contributed by atoms with Crippen LogP contribution in [-0.2, 0) is 65.4 Å². The number of carbonyl (C=O) groups is 4. The van der Waals surface area contributed by atoms with E-state index in [0.717, 1.165) is 115 Å². The Morgan fingerprint density at radius 1 is 0.367 bits per heavy atom. The number of hydrogen-bond donors (Lipinski definition) is 3. The molecule has 6 atom stereocenters. The summed E-state index contributed by atoms with van der Waals surface area (Å²) in [5, 5.41) is 10.5. The molecule has 0 radical (unpaired) electrons. The zero-order valence-electron chi connectivity index (χ0n) is 50.7. The number of ether oxygens (including phenoxy) is 4. The predicted molar refractivity (Wildman–Crippen MR) is 312 cm³/mol. The molecule has 0 aliphatic carbocycles. The second kappa shape index (κ2) is 52.8. The van der Waals surface area contributed by atoms with Gasteiger partial charge in [-0.15, -0.1) is 0 Å². The number of phosphoric acid groups is 2. The van der Waals surface area contributed by atoms with Crippen molar-refractivity contribution in [2.24, 2.45) is 11.8 Å². The fourth-order valence-electron chi connectivity index (χ4n) is 8.79. The molecule has 0 aromatic carbocycles. The Balaban J connectivity index is 5.22. The van der Waals surface area contributed by atoms with Crippen LogP contribution < -0.4 is 0 Å². The number of unbranched alkanes of at least 4 members (excludes halogenated alkanes) is 28. The molecule has 0 aliphatic heterocycles. The fraction of sp³-hybridized carbons (Fsp3) is 0.933. The summed E-state index contributed by atoms with van der Waals surface area (Å²) in [7, 11) is -9.87. The van der Waals surface area contributed by atoms with Crippen molar-refractivity contribution in [1.82, 2.24) is 0 Å². The molecule has 79 heavy (non-hydrogen) atoms. The molecule has 17 nitrogen and oxygen atoms in total. The zero-order chi connectivity index (χ0) is 58.7. The number of aliphatic hydroxyl groups excluding tert-OH is 1. The highest BCUT2D eigenvalue weighted by Gasteiger charge is 2.30. The summed E-state index contributed by atoms with van der Waals surface area (Å²) in [6.45, 7) is 9.29. The van der Waals surface area contributed by atoms with Crippen LogP contribution in [0.15, 0.2) is 0 Å². The van der Waals surface area contributed by atoms with E-state index in [1.165, 1.54) is 89.9 Å². The minimum atomic E-state index is -4.94. The smallest absolute Gasteiger partial charge is 0.462 e. The highest BCUT2D eigenvalue weighted by molar-refractivity contribution is 7.47. The van der Waals surface area contributed by atoms with Crippen molar-refractivity contribution in [2.45, 2.75) is 310 Å². The largest absolute Gasteiger partial charge is 0.472 e. The number of rotatable bonds is 59. The van der Waals surface area contributed by atoms with E-state index in [-0.39, 0.29) is 25.7 Å². The third kappa shape index (κ3) is 53.8. The zero-order valence-corrected chi connectivity index (χ0v) is 52.4. The lowest BCUT2D eigenvalue weighted by atomic mass is 10.00. The van der Waals surface area contributed by atoms with Gasteiger partial charge in [-0.3, -0.25) is 37.3 Å². The van der Waals surface area contributed by atoms with E-state index in [9.17, 15) is 43.2 Å². The summed E-state index contributed by atoms with van der Waals surface area (Å²) in [5.74, 6) is -0.747. The third-order valence-corrected chi connectivity index (χ3v) is 16.0. The van der Waals surface area contributed by atoms with Crippen LogP contribution in [-0.4, -0.2) is 96.7 Å². The van der Waals surface area contributed by atoms with E-state index < -0.39 is 97.5 Å². The van der Waals surface area contributed by atoms with E-state index in [4.69, 9.17) is 37.0 Å². The van der Waals surface area contributed by atoms with Crippen LogP contribution in [0.2, 0.25) is 0 Å². The lowest BCUT2D eigenvalue weighted by molar-refractivity contribution is -0.161. The molecule has 0 saturated carbocycles. The highest BCUT2D eigenvalue weighted by atomic mass is 31.2. The van der Waals surface area contributed by atoms with Crippen molar-refractivity contribution in [3.05, 3.63) is 0 Å². The fourth-order valence-corrected chi connectivity index (χ4v) is 10.4. The standard InChI is InChI=1S/C60H116O17P2/c1-7-10-12-14-16-17-18-19-20-21-23-32-38-44-59(64)76-55(49-71-58(63)43-37-31-27-25-29-35-41-53(6)9-3)50-74-78(66,67)72-46-54(61)47-73-79(68,69)75-51-56(48-70-57(62)42-36-30-22-15-13-11-8-2)77-60(65)45-39-33-26-24-28-34-40-52(4)5/h52-56,61H,7-51H2,1-6H3,(H,66,67)(H,68,69)/t53?,54-,55-,56-/m1/s1. The van der Waals surface area contributed by atoms with Crippen LogP contribution in [0, 0.1) is 11.8 Å². The highest BCUT2D eigenvalue weighted by Crippen LogP contribution is 2.45. The monoisotopic (exact) mass is 1170 g/mol. The first kappa shape index (κ1) is 77.1. The summed E-state index contributed by atoms with van der Waals surface area (Å²) in [4.78, 5) is 71.9. The van der Waals surface area contributed by atoms with E-state index in [1.54, 1.807) is 0 Å². The molecule has 0 saturated heterocycles. The second-order valence-electron chi connectivity index (χ2n) is 22.5. The molecule has 0 rings (SSSR count). The number of aliphatic hydroxyl groups is 1. The lowest BCUT2D eigenvalue weighted by Gasteiger charge is -2.21. The van der Waals surface area contributed by atoms with Crippen molar-refractivity contribution in [2.75, 3.05) is 39.6 Å². The molecule has 0 amide bonds. The molecule has 19 heteroatoms. The summed E-state index contributed by atoms with van der Waals surface area (Å²) in [6, 6.07) is 0. The van der Waals surface area contributed by atoms with Crippen molar-refractivity contribution < 1.29 is 80.2 Å². The van der Waals surface area contributed by atoms with Gasteiger partial charge in [-0.05, 0) is 37.5 Å². The van der Waals surface area contributed by atoms with Crippen molar-refractivity contribution in [3.8, 4) is 0 Å². The predicted octanol–water partition coefficient (Wildman–Crippen LogP) is 16.1. The molecule has 468 valence electrons. The van der Waals surface area contributed by atoms with E-state index >= 15 is 0 Å². The van der Waals surface area contributed by atoms with Crippen molar-refractivity contribution in [1.29, 1.82) is 0 Å². The average molecular weight is 1170 g/mol. The average Bonchev–Trinajstić information content (AvgIpc) is 3.41. The Morgan fingerprint density at radius 3 is 0.962 bits per heavy atom. The molecular formula is C60H116O17P2. The summed E-state index contributed by atoms with van der Waals surface area (Å²) in [5.41, 5.74) is 0. The molecule has 0 aliphatic rings. The topological polar surface area (TPSA) is 237 Å². The lowest BCUT2D eigenvalue weighted by Crippen LogP contribution is -2.30. The molecule has 0 aromatic rings. The number of hydrogen-bond acceptors (Lipinski definition) is 15. The summed E-state index contributed by atoms with van der Waals surface area (Å²) < 4.78 is 67.7. The van der Waals surface area contributed by atoms with Crippen LogP contribution in [0.3, 0.4) is 0 Å². The summed E-state index contributed by atoms with van der Waals surface area (Å²) in [6.07, 6.45) is 33.7. The van der Waals surface area contributed by atoms with Crippen LogP contribution in [0.25, 0.3) is 0 Å². The molecule has 0 bridgehead atoms. The van der Waals surface area contributed by atoms with Gasteiger partial charge in [0.2, 0.25) is 0 Å². The Hall–Kier alpha value is -1.94. The van der Waals surface area contributed by atoms with Gasteiger partial charge in [0.15, 0.2) is 12.2 Å². The van der Waals surface area contributed by atoms with Crippen molar-refractivity contribution in [3.63, 3.8) is 0 Å². The Bertz CT molecular complexity index is 1570. The van der Waals surface area contributed by atoms with Gasteiger partial charge >= 0.3 is 39.5 Å². The van der Waals surface area contributed by atoms with Gasteiger partial charge in [0.1, 0.15) is 19.3 Å². The van der Waals surface area contributed by atoms with Gasteiger partial charge in [-0.25, -0.2) is 9.13 Å². The van der Waals surface area contributed by atoms with Gasteiger partial charge < -0.3 is 33.8 Å². The minimum Gasteiger partial charge on any atom is -0.462 e. The maximum atomic E-state index is 12.9. The molecular weight excluding hydrogens is 1050 g/mol. The minimum absolute atomic E-state index is 0.101. The van der Waals surface area contributed by atoms with E-state index in [2.05, 4.69) is 41.5 Å². The molecule has 0 aromatic heterocycles. The SMILES string of the molecule is CCCCCCCCCCCCCCCC(=O)O[C@H](COC(=O)CCCCCCCCC(C)CC)COP(=O)(O)OC[C@@H](O)COP(=O)(O)OC[C@@H](COC(=O)CCCCCCCCC)OC(=O)CCCCCCCCC(C)C. The van der Waals surface area contributed by atoms with Crippen molar-refractivity contribution >= 4 is 39.5 Å². The van der Waals surface area contributed by atoms with Gasteiger partial charge in [-0.1, -0.05) is 241 Å². The molecule has 3 N–H and O–H groups in total. The number of esters is 4. The van der Waals surface area contributed by atoms with Crippen LogP contribution in [0.4, 0.5) is 0 Å². The van der Waals surface area contributed by atoms with Gasteiger partial charge in [0.05, 0.1) is 26.4 Å². The first-order valence-electron chi connectivity index (χ1n) is 31.5. The Labute approximate surface area is 479 Å². The maximum Gasteiger partial charge on any atom is 0.472 e. The molecule has 0 spiro atoms. The van der Waals surface area contributed by atoms with Crippen LogP contribution in [0.1, 0.15) is 292 Å².